The van der Waals surface area contributed by atoms with Crippen LogP contribution in [0.2, 0.25) is 0 Å². The molecule has 1 aromatic heterocycles. The van der Waals surface area contributed by atoms with Gasteiger partial charge in [-0.2, -0.15) is 0 Å². The average Bonchev–Trinajstić information content (AvgIpc) is 2.74. The number of primary amides is 1. The molecule has 18 heavy (non-hydrogen) atoms. The molecule has 3 N–H and O–H groups in total. The zero-order valence-electron chi connectivity index (χ0n) is 9.81. The smallest absolute Gasteiger partial charge is 0.245 e. The molecule has 0 radical (unpaired) electrons. The monoisotopic (exact) mass is 264 g/mol. The molecule has 94 valence electrons. The number of hydrogen-bond acceptors (Lipinski definition) is 3. The largest absolute Gasteiger partial charge is 0.368 e. The second kappa shape index (κ2) is 5.18. The van der Waals surface area contributed by atoms with Crippen LogP contribution in [0.4, 0.5) is 10.1 Å². The molecule has 1 heterocycles. The van der Waals surface area contributed by atoms with Crippen LogP contribution in [-0.4, -0.2) is 5.91 Å². The van der Waals surface area contributed by atoms with Crippen molar-refractivity contribution in [3.63, 3.8) is 0 Å². The van der Waals surface area contributed by atoms with Gasteiger partial charge in [0.1, 0.15) is 11.9 Å². The lowest BCUT2D eigenvalue weighted by Gasteiger charge is -2.15. The number of benzene rings is 1. The molecule has 3 nitrogen and oxygen atoms in total. The Hall–Kier alpha value is -1.88. The lowest BCUT2D eigenvalue weighted by Crippen LogP contribution is -2.27. The first-order chi connectivity index (χ1) is 8.58. The second-order valence-electron chi connectivity index (χ2n) is 3.91. The molecular formula is C13H13FN2OS. The van der Waals surface area contributed by atoms with Crippen molar-refractivity contribution in [2.45, 2.75) is 13.0 Å². The van der Waals surface area contributed by atoms with E-state index in [9.17, 15) is 9.18 Å². The number of halogens is 1. The molecular weight excluding hydrogens is 251 g/mol. The summed E-state index contributed by atoms with van der Waals surface area (Å²) in [5.74, 6) is -0.933. The number of rotatable bonds is 4. The zero-order chi connectivity index (χ0) is 13.1. The summed E-state index contributed by atoms with van der Waals surface area (Å²) in [4.78, 5) is 13.3. The van der Waals surface area contributed by atoms with Crippen molar-refractivity contribution in [1.82, 2.24) is 0 Å². The van der Waals surface area contributed by atoms with Gasteiger partial charge in [0.15, 0.2) is 0 Å². The molecule has 0 saturated heterocycles. The third kappa shape index (κ3) is 2.68. The van der Waals surface area contributed by atoms with Gasteiger partial charge in [-0.1, -0.05) is 12.1 Å². The van der Waals surface area contributed by atoms with Gasteiger partial charge in [0.25, 0.3) is 0 Å². The highest BCUT2D eigenvalue weighted by Gasteiger charge is 2.20. The number of para-hydroxylation sites is 1. The third-order valence-corrected chi connectivity index (χ3v) is 3.57. The van der Waals surface area contributed by atoms with Crippen molar-refractivity contribution in [3.8, 4) is 0 Å². The quantitative estimate of drug-likeness (QED) is 0.892. The van der Waals surface area contributed by atoms with Crippen LogP contribution in [-0.2, 0) is 4.79 Å². The molecule has 0 bridgehead atoms. The van der Waals surface area contributed by atoms with Crippen LogP contribution in [0.1, 0.15) is 15.8 Å². The Morgan fingerprint density at radius 1 is 1.33 bits per heavy atom. The Morgan fingerprint density at radius 3 is 2.61 bits per heavy atom. The SMILES string of the molecule is Cc1ccc(C(Nc2ccccc2F)C(N)=O)s1. The van der Waals surface area contributed by atoms with Crippen LogP contribution < -0.4 is 11.1 Å². The van der Waals surface area contributed by atoms with Gasteiger partial charge in [0, 0.05) is 9.75 Å². The van der Waals surface area contributed by atoms with E-state index in [1.165, 1.54) is 17.4 Å². The van der Waals surface area contributed by atoms with Gasteiger partial charge in [0.05, 0.1) is 5.69 Å². The van der Waals surface area contributed by atoms with Crippen LogP contribution >= 0.6 is 11.3 Å². The molecule has 2 rings (SSSR count). The molecule has 1 amide bonds. The van der Waals surface area contributed by atoms with Gasteiger partial charge in [0.2, 0.25) is 5.91 Å². The Kier molecular flexibility index (Phi) is 3.62. The molecule has 5 heteroatoms. The zero-order valence-corrected chi connectivity index (χ0v) is 10.6. The minimum atomic E-state index is -0.708. The van der Waals surface area contributed by atoms with Crippen LogP contribution in [0.25, 0.3) is 0 Å². The van der Waals surface area contributed by atoms with E-state index in [-0.39, 0.29) is 5.69 Å². The van der Waals surface area contributed by atoms with E-state index < -0.39 is 17.8 Å². The fraction of sp³-hybridized carbons (Fsp3) is 0.154. The van der Waals surface area contributed by atoms with E-state index >= 15 is 0 Å². The maximum Gasteiger partial charge on any atom is 0.245 e. The lowest BCUT2D eigenvalue weighted by molar-refractivity contribution is -0.118. The van der Waals surface area contributed by atoms with Crippen LogP contribution in [0, 0.1) is 12.7 Å². The fourth-order valence-electron chi connectivity index (χ4n) is 1.62. The number of nitrogens with one attached hydrogen (secondary N) is 1. The maximum absolute atomic E-state index is 13.5. The van der Waals surface area contributed by atoms with Gasteiger partial charge >= 0.3 is 0 Å². The molecule has 0 spiro atoms. The highest BCUT2D eigenvalue weighted by molar-refractivity contribution is 7.12. The minimum absolute atomic E-state index is 0.271. The van der Waals surface area contributed by atoms with Gasteiger partial charge in [-0.05, 0) is 31.2 Å². The Labute approximate surface area is 108 Å². The van der Waals surface area contributed by atoms with E-state index in [4.69, 9.17) is 5.73 Å². The number of nitrogens with two attached hydrogens (primary N) is 1. The lowest BCUT2D eigenvalue weighted by atomic mass is 10.2. The number of carbonyl (C=O) groups excluding carboxylic acids is 1. The number of anilines is 1. The van der Waals surface area contributed by atoms with E-state index in [0.29, 0.717) is 0 Å². The highest BCUT2D eigenvalue weighted by atomic mass is 32.1. The molecule has 0 aliphatic heterocycles. The minimum Gasteiger partial charge on any atom is -0.368 e. The summed E-state index contributed by atoms with van der Waals surface area (Å²) in [5, 5.41) is 2.84. The summed E-state index contributed by atoms with van der Waals surface area (Å²) >= 11 is 1.46. The summed E-state index contributed by atoms with van der Waals surface area (Å²) in [7, 11) is 0. The first-order valence-electron chi connectivity index (χ1n) is 5.44. The van der Waals surface area contributed by atoms with Crippen molar-refractivity contribution in [3.05, 3.63) is 52.0 Å². The van der Waals surface area contributed by atoms with Crippen molar-refractivity contribution in [1.29, 1.82) is 0 Å². The molecule has 1 unspecified atom stereocenters. The van der Waals surface area contributed by atoms with Crippen molar-refractivity contribution < 1.29 is 9.18 Å². The van der Waals surface area contributed by atoms with E-state index in [0.717, 1.165) is 9.75 Å². The Morgan fingerprint density at radius 2 is 2.06 bits per heavy atom. The van der Waals surface area contributed by atoms with Crippen LogP contribution in [0.15, 0.2) is 36.4 Å². The normalized spacial score (nSPS) is 12.1. The first-order valence-corrected chi connectivity index (χ1v) is 6.26. The van der Waals surface area contributed by atoms with Gasteiger partial charge in [-0.15, -0.1) is 11.3 Å². The summed E-state index contributed by atoms with van der Waals surface area (Å²) < 4.78 is 13.5. The standard InChI is InChI=1S/C13H13FN2OS/c1-8-6-7-11(18-8)12(13(15)17)16-10-5-3-2-4-9(10)14/h2-7,12,16H,1H3,(H2,15,17). The number of aryl methyl sites for hydroxylation is 1. The summed E-state index contributed by atoms with van der Waals surface area (Å²) in [6.45, 7) is 1.94. The van der Waals surface area contributed by atoms with Crippen molar-refractivity contribution in [2.24, 2.45) is 5.73 Å². The molecule has 0 aliphatic carbocycles. The van der Waals surface area contributed by atoms with E-state index in [1.807, 2.05) is 19.1 Å². The third-order valence-electron chi connectivity index (χ3n) is 2.50. The Bertz CT molecular complexity index is 568. The molecule has 0 fully saturated rings. The Balaban J connectivity index is 2.28. The molecule has 1 atom stereocenters. The fourth-order valence-corrected chi connectivity index (χ4v) is 2.56. The van der Waals surface area contributed by atoms with E-state index in [2.05, 4.69) is 5.32 Å². The average molecular weight is 264 g/mol. The number of amides is 1. The van der Waals surface area contributed by atoms with Gasteiger partial charge in [-0.3, -0.25) is 4.79 Å². The van der Waals surface area contributed by atoms with E-state index in [1.54, 1.807) is 18.2 Å². The van der Waals surface area contributed by atoms with Crippen molar-refractivity contribution in [2.75, 3.05) is 5.32 Å². The van der Waals surface area contributed by atoms with Crippen molar-refractivity contribution >= 4 is 22.9 Å². The summed E-state index contributed by atoms with van der Waals surface area (Å²) in [6, 6.07) is 9.22. The highest BCUT2D eigenvalue weighted by Crippen LogP contribution is 2.27. The summed E-state index contributed by atoms with van der Waals surface area (Å²) in [5.41, 5.74) is 5.63. The number of hydrogen-bond donors (Lipinski definition) is 2. The van der Waals surface area contributed by atoms with Crippen LogP contribution in [0.5, 0.6) is 0 Å². The van der Waals surface area contributed by atoms with Gasteiger partial charge in [-0.25, -0.2) is 4.39 Å². The predicted octanol–water partition coefficient (Wildman–Crippen LogP) is 2.83. The molecule has 0 saturated carbocycles. The number of carbonyl (C=O) groups is 1. The topological polar surface area (TPSA) is 55.1 Å². The summed E-state index contributed by atoms with van der Waals surface area (Å²) in [6.07, 6.45) is 0. The maximum atomic E-state index is 13.5. The molecule has 0 aliphatic rings. The second-order valence-corrected chi connectivity index (χ2v) is 5.23. The predicted molar refractivity (Wildman–Crippen MR) is 71.0 cm³/mol. The first kappa shape index (κ1) is 12.6. The molecule has 1 aromatic carbocycles. The number of thiophene rings is 1. The van der Waals surface area contributed by atoms with Crippen LogP contribution in [0.3, 0.4) is 0 Å². The van der Waals surface area contributed by atoms with Gasteiger partial charge < -0.3 is 11.1 Å². The molecule has 2 aromatic rings.